The largest absolute Gasteiger partial charge is 0.379 e. The first kappa shape index (κ1) is 25.7. The van der Waals surface area contributed by atoms with Gasteiger partial charge >= 0.3 is 0 Å². The van der Waals surface area contributed by atoms with Gasteiger partial charge in [0, 0.05) is 13.2 Å². The molecule has 2 aromatic carbocycles. The van der Waals surface area contributed by atoms with E-state index in [-0.39, 0.29) is 23.3 Å². The number of thioether (sulfide) groups is 1. The van der Waals surface area contributed by atoms with E-state index in [4.69, 9.17) is 9.72 Å². The van der Waals surface area contributed by atoms with E-state index >= 15 is 0 Å². The lowest BCUT2D eigenvalue weighted by atomic mass is 10.2. The summed E-state index contributed by atoms with van der Waals surface area (Å²) in [6.07, 6.45) is 0.807. The van der Waals surface area contributed by atoms with Crippen LogP contribution in [0.3, 0.4) is 0 Å². The summed E-state index contributed by atoms with van der Waals surface area (Å²) in [5.74, 6) is -0.0706. The van der Waals surface area contributed by atoms with Crippen molar-refractivity contribution < 1.29 is 9.53 Å². The Labute approximate surface area is 214 Å². The number of para-hydroxylation sites is 2. The van der Waals surface area contributed by atoms with Crippen molar-refractivity contribution >= 4 is 34.3 Å². The standard InChI is InChI=1S/C27H31N5O3S/c1-18(2)35-16-10-15-31-26(34)22-13-8-9-14-23(22)28-27(31)36-17-24(33)29-25-19(3)30-32(20(25)4)21-11-6-5-7-12-21/h5-9,11-14,18H,10,15-17H2,1-4H3,(H,29,33). The minimum Gasteiger partial charge on any atom is -0.379 e. The first-order valence-electron chi connectivity index (χ1n) is 12.0. The van der Waals surface area contributed by atoms with E-state index in [1.165, 1.54) is 11.8 Å². The van der Waals surface area contributed by atoms with Gasteiger partial charge in [0.15, 0.2) is 5.16 Å². The van der Waals surface area contributed by atoms with Crippen LogP contribution in [-0.4, -0.2) is 43.7 Å². The summed E-state index contributed by atoms with van der Waals surface area (Å²) in [5.41, 5.74) is 3.72. The van der Waals surface area contributed by atoms with Gasteiger partial charge in [-0.15, -0.1) is 0 Å². The zero-order valence-electron chi connectivity index (χ0n) is 21.0. The monoisotopic (exact) mass is 505 g/mol. The second-order valence-corrected chi connectivity index (χ2v) is 9.71. The Kier molecular flexibility index (Phi) is 8.22. The number of nitrogens with one attached hydrogen (secondary N) is 1. The van der Waals surface area contributed by atoms with Crippen molar-refractivity contribution in [1.82, 2.24) is 19.3 Å². The van der Waals surface area contributed by atoms with E-state index in [0.29, 0.717) is 41.3 Å². The van der Waals surface area contributed by atoms with Gasteiger partial charge in [0.2, 0.25) is 5.91 Å². The normalized spacial score (nSPS) is 11.4. The molecule has 0 atom stereocenters. The van der Waals surface area contributed by atoms with Gasteiger partial charge in [-0.3, -0.25) is 14.2 Å². The lowest BCUT2D eigenvalue weighted by Gasteiger charge is -2.14. The van der Waals surface area contributed by atoms with Crippen molar-refractivity contribution in [3.05, 3.63) is 76.3 Å². The van der Waals surface area contributed by atoms with Crippen molar-refractivity contribution in [3.8, 4) is 5.69 Å². The molecule has 2 heterocycles. The SMILES string of the molecule is Cc1nn(-c2ccccc2)c(C)c1NC(=O)CSc1nc2ccccc2c(=O)n1CCCOC(C)C. The van der Waals surface area contributed by atoms with E-state index in [0.717, 1.165) is 17.1 Å². The fourth-order valence-corrected chi connectivity index (χ4v) is 4.77. The topological polar surface area (TPSA) is 91.0 Å². The van der Waals surface area contributed by atoms with E-state index in [1.54, 1.807) is 10.6 Å². The lowest BCUT2D eigenvalue weighted by molar-refractivity contribution is -0.113. The van der Waals surface area contributed by atoms with Gasteiger partial charge in [-0.2, -0.15) is 5.10 Å². The van der Waals surface area contributed by atoms with Crippen LogP contribution in [0, 0.1) is 13.8 Å². The number of anilines is 1. The van der Waals surface area contributed by atoms with Crippen LogP contribution >= 0.6 is 11.8 Å². The maximum Gasteiger partial charge on any atom is 0.262 e. The first-order valence-corrected chi connectivity index (χ1v) is 13.0. The zero-order chi connectivity index (χ0) is 25.7. The van der Waals surface area contributed by atoms with E-state index in [9.17, 15) is 9.59 Å². The molecule has 4 aromatic rings. The Morgan fingerprint density at radius 2 is 1.81 bits per heavy atom. The van der Waals surface area contributed by atoms with Gasteiger partial charge in [0.25, 0.3) is 5.56 Å². The minimum absolute atomic E-state index is 0.108. The van der Waals surface area contributed by atoms with Crippen LogP contribution in [0.4, 0.5) is 5.69 Å². The number of benzene rings is 2. The molecule has 1 amide bonds. The maximum absolute atomic E-state index is 13.2. The number of carbonyl (C=O) groups excluding carboxylic acids is 1. The fraction of sp³-hybridized carbons (Fsp3) is 0.333. The van der Waals surface area contributed by atoms with Crippen LogP contribution in [0.2, 0.25) is 0 Å². The third-order valence-electron chi connectivity index (χ3n) is 5.69. The Morgan fingerprint density at radius 3 is 2.56 bits per heavy atom. The highest BCUT2D eigenvalue weighted by molar-refractivity contribution is 7.99. The number of hydrogen-bond donors (Lipinski definition) is 1. The second-order valence-electron chi connectivity index (χ2n) is 8.77. The van der Waals surface area contributed by atoms with Gasteiger partial charge in [0.1, 0.15) is 0 Å². The van der Waals surface area contributed by atoms with E-state index in [1.807, 2.05) is 80.9 Å². The number of aryl methyl sites for hydroxylation is 1. The molecule has 9 heteroatoms. The van der Waals surface area contributed by atoms with Gasteiger partial charge in [-0.1, -0.05) is 42.1 Å². The summed E-state index contributed by atoms with van der Waals surface area (Å²) >= 11 is 1.25. The molecule has 0 radical (unpaired) electrons. The highest BCUT2D eigenvalue weighted by atomic mass is 32.2. The van der Waals surface area contributed by atoms with Crippen molar-refractivity contribution in [2.24, 2.45) is 0 Å². The fourth-order valence-electron chi connectivity index (χ4n) is 3.95. The summed E-state index contributed by atoms with van der Waals surface area (Å²) in [4.78, 5) is 30.8. The number of hydrogen-bond acceptors (Lipinski definition) is 6. The van der Waals surface area contributed by atoms with Crippen LogP contribution < -0.4 is 10.9 Å². The number of rotatable bonds is 10. The van der Waals surface area contributed by atoms with Crippen molar-refractivity contribution in [3.63, 3.8) is 0 Å². The van der Waals surface area contributed by atoms with Crippen LogP contribution in [-0.2, 0) is 16.1 Å². The Hall–Kier alpha value is -3.43. The van der Waals surface area contributed by atoms with E-state index < -0.39 is 0 Å². The number of nitrogens with zero attached hydrogens (tertiary/aromatic N) is 4. The lowest BCUT2D eigenvalue weighted by Crippen LogP contribution is -2.25. The molecular weight excluding hydrogens is 474 g/mol. The molecule has 188 valence electrons. The van der Waals surface area contributed by atoms with Crippen molar-refractivity contribution in [1.29, 1.82) is 0 Å². The molecule has 0 saturated carbocycles. The molecule has 0 aliphatic carbocycles. The summed E-state index contributed by atoms with van der Waals surface area (Å²) in [5, 5.41) is 8.67. The molecule has 2 aromatic heterocycles. The second kappa shape index (κ2) is 11.5. The Morgan fingerprint density at radius 1 is 1.08 bits per heavy atom. The van der Waals surface area contributed by atoms with Crippen LogP contribution in [0.15, 0.2) is 64.5 Å². The van der Waals surface area contributed by atoms with Crippen molar-refractivity contribution in [2.75, 3.05) is 17.7 Å². The van der Waals surface area contributed by atoms with Gasteiger partial charge in [-0.25, -0.2) is 9.67 Å². The highest BCUT2D eigenvalue weighted by Gasteiger charge is 2.17. The van der Waals surface area contributed by atoms with E-state index in [2.05, 4.69) is 10.4 Å². The predicted molar refractivity (Wildman–Crippen MR) is 144 cm³/mol. The summed E-state index contributed by atoms with van der Waals surface area (Å²) in [6, 6.07) is 17.1. The molecule has 8 nitrogen and oxygen atoms in total. The Bertz CT molecular complexity index is 1410. The van der Waals surface area contributed by atoms with Crippen LogP contribution in [0.1, 0.15) is 31.7 Å². The molecule has 1 N–H and O–H groups in total. The van der Waals surface area contributed by atoms with Crippen LogP contribution in [0.25, 0.3) is 16.6 Å². The summed E-state index contributed by atoms with van der Waals surface area (Å²) in [6.45, 7) is 8.78. The average Bonchev–Trinajstić information content (AvgIpc) is 3.15. The predicted octanol–water partition coefficient (Wildman–Crippen LogP) is 4.74. The molecule has 36 heavy (non-hydrogen) atoms. The third kappa shape index (κ3) is 5.85. The molecule has 0 aliphatic heterocycles. The van der Waals surface area contributed by atoms with Crippen LogP contribution in [0.5, 0.6) is 0 Å². The number of aromatic nitrogens is 4. The van der Waals surface area contributed by atoms with Gasteiger partial charge < -0.3 is 10.1 Å². The molecular formula is C27H31N5O3S. The summed E-state index contributed by atoms with van der Waals surface area (Å²) < 4.78 is 9.10. The quantitative estimate of drug-likeness (QED) is 0.190. The Balaban J connectivity index is 1.51. The highest BCUT2D eigenvalue weighted by Crippen LogP contribution is 2.24. The molecule has 4 rings (SSSR count). The zero-order valence-corrected chi connectivity index (χ0v) is 21.8. The number of carbonyl (C=O) groups is 1. The molecule has 0 fully saturated rings. The molecule has 0 unspecified atom stereocenters. The van der Waals surface area contributed by atoms with Gasteiger partial charge in [0.05, 0.1) is 45.5 Å². The molecule has 0 aliphatic rings. The smallest absolute Gasteiger partial charge is 0.262 e. The first-order chi connectivity index (χ1) is 17.3. The average molecular weight is 506 g/mol. The maximum atomic E-state index is 13.2. The summed E-state index contributed by atoms with van der Waals surface area (Å²) in [7, 11) is 0. The molecule has 0 saturated heterocycles. The minimum atomic E-state index is -0.184. The van der Waals surface area contributed by atoms with Crippen molar-refractivity contribution in [2.45, 2.75) is 51.9 Å². The molecule has 0 bridgehead atoms. The number of fused-ring (bicyclic) bond motifs is 1. The number of ether oxygens (including phenoxy) is 1. The van der Waals surface area contributed by atoms with Gasteiger partial charge in [-0.05, 0) is 58.4 Å². The number of amides is 1. The third-order valence-corrected chi connectivity index (χ3v) is 6.67. The molecule has 0 spiro atoms.